The van der Waals surface area contributed by atoms with Crippen LogP contribution in [-0.2, 0) is 32.6 Å². The maximum atomic E-state index is 14.7. The first-order valence-corrected chi connectivity index (χ1v) is 17.9. The first-order chi connectivity index (χ1) is 22.8. The van der Waals surface area contributed by atoms with E-state index in [9.17, 15) is 18.0 Å². The molecule has 8 nitrogen and oxygen atoms in total. The van der Waals surface area contributed by atoms with Crippen LogP contribution in [0.2, 0.25) is 15.1 Å². The summed E-state index contributed by atoms with van der Waals surface area (Å²) in [5.74, 6) is -0.724. The fourth-order valence-electron chi connectivity index (χ4n) is 5.03. The fraction of sp³-hybridized carbons (Fsp3) is 0.278. The van der Waals surface area contributed by atoms with Crippen molar-refractivity contribution < 1.29 is 22.7 Å². The minimum Gasteiger partial charge on any atom is -0.495 e. The molecule has 0 aliphatic rings. The predicted molar refractivity (Wildman–Crippen MR) is 193 cm³/mol. The summed E-state index contributed by atoms with van der Waals surface area (Å²) in [6.07, 6.45) is 0.810. The maximum absolute atomic E-state index is 14.7. The van der Waals surface area contributed by atoms with Crippen LogP contribution in [0.15, 0.2) is 95.9 Å². The van der Waals surface area contributed by atoms with Gasteiger partial charge < -0.3 is 15.0 Å². The molecule has 0 unspecified atom stereocenters. The average Bonchev–Trinajstić information content (AvgIpc) is 3.06. The lowest BCUT2D eigenvalue weighted by Crippen LogP contribution is -2.54. The number of amides is 2. The monoisotopic (exact) mass is 729 g/mol. The van der Waals surface area contributed by atoms with E-state index in [1.807, 2.05) is 51.1 Å². The third kappa shape index (κ3) is 9.02. The number of carbonyl (C=O) groups is 2. The molecule has 0 spiro atoms. The van der Waals surface area contributed by atoms with Gasteiger partial charge in [-0.3, -0.25) is 13.9 Å². The van der Waals surface area contributed by atoms with Crippen molar-refractivity contribution in [1.29, 1.82) is 0 Å². The largest absolute Gasteiger partial charge is 0.495 e. The molecule has 0 saturated carbocycles. The van der Waals surface area contributed by atoms with Gasteiger partial charge in [0.15, 0.2) is 0 Å². The van der Waals surface area contributed by atoms with E-state index in [2.05, 4.69) is 5.32 Å². The molecule has 0 radical (unpaired) electrons. The normalized spacial score (nSPS) is 12.6. The van der Waals surface area contributed by atoms with Gasteiger partial charge in [0.05, 0.1) is 22.7 Å². The van der Waals surface area contributed by atoms with Crippen LogP contribution in [0.3, 0.4) is 0 Å². The number of aryl methyl sites for hydroxylation is 1. The molecule has 0 bridgehead atoms. The van der Waals surface area contributed by atoms with Gasteiger partial charge in [-0.2, -0.15) is 0 Å². The highest BCUT2D eigenvalue weighted by molar-refractivity contribution is 7.92. The van der Waals surface area contributed by atoms with Gasteiger partial charge in [-0.05, 0) is 68.3 Å². The number of nitrogens with zero attached hydrogens (tertiary/aromatic N) is 2. The zero-order chi connectivity index (χ0) is 35.0. The topological polar surface area (TPSA) is 96.0 Å². The zero-order valence-corrected chi connectivity index (χ0v) is 30.2. The Bertz CT molecular complexity index is 1820. The molecule has 2 atom stereocenters. The molecular weight excluding hydrogens is 693 g/mol. The number of rotatable bonds is 14. The Hall–Kier alpha value is -3.76. The fourth-order valence-corrected chi connectivity index (χ4v) is 7.20. The van der Waals surface area contributed by atoms with Crippen molar-refractivity contribution in [3.8, 4) is 5.75 Å². The zero-order valence-electron chi connectivity index (χ0n) is 27.1. The Balaban J connectivity index is 1.87. The number of nitrogens with one attached hydrogen (secondary N) is 1. The molecule has 254 valence electrons. The Morgan fingerprint density at radius 3 is 2.10 bits per heavy atom. The van der Waals surface area contributed by atoms with Crippen LogP contribution < -0.4 is 14.4 Å². The predicted octanol–water partition coefficient (Wildman–Crippen LogP) is 7.71. The first kappa shape index (κ1) is 37.1. The molecular formula is C36H38Cl3N3O5S. The number of ether oxygens (including phenoxy) is 1. The summed E-state index contributed by atoms with van der Waals surface area (Å²) in [5.41, 5.74) is 2.22. The Morgan fingerprint density at radius 1 is 0.875 bits per heavy atom. The third-order valence-corrected chi connectivity index (χ3v) is 10.8. The van der Waals surface area contributed by atoms with Gasteiger partial charge in [0.25, 0.3) is 10.0 Å². The summed E-state index contributed by atoms with van der Waals surface area (Å²) in [7, 11) is -2.87. The van der Waals surface area contributed by atoms with E-state index in [1.165, 1.54) is 42.3 Å². The van der Waals surface area contributed by atoms with Crippen molar-refractivity contribution in [2.75, 3.05) is 18.0 Å². The standard InChI is InChI=1S/C36H38Cl3N3O5S/c1-5-25(3)40-36(44)33(20-26-10-7-6-8-11-26)41(22-29-30(37)12-9-13-31(29)38)35(43)23-42(27-16-19-34(47-4)32(39)21-27)48(45,46)28-17-14-24(2)15-18-28/h6-19,21,25,33H,5,20,22-23H2,1-4H3,(H,40,44)/t25-,33-/m0/s1. The number of sulfonamides is 1. The van der Waals surface area contributed by atoms with Gasteiger partial charge in [0, 0.05) is 34.6 Å². The molecule has 12 heteroatoms. The molecule has 48 heavy (non-hydrogen) atoms. The van der Waals surface area contributed by atoms with Crippen LogP contribution in [0.4, 0.5) is 5.69 Å². The van der Waals surface area contributed by atoms with Crippen molar-refractivity contribution in [3.05, 3.63) is 123 Å². The molecule has 0 saturated heterocycles. The SMILES string of the molecule is CC[C@H](C)NC(=O)[C@H](Cc1ccccc1)N(Cc1c(Cl)cccc1Cl)C(=O)CN(c1ccc(OC)c(Cl)c1)S(=O)(=O)c1ccc(C)cc1. The van der Waals surface area contributed by atoms with Gasteiger partial charge in [-0.25, -0.2) is 8.42 Å². The maximum Gasteiger partial charge on any atom is 0.264 e. The van der Waals surface area contributed by atoms with E-state index < -0.39 is 34.4 Å². The van der Waals surface area contributed by atoms with Crippen LogP contribution in [0.5, 0.6) is 5.75 Å². The van der Waals surface area contributed by atoms with E-state index in [0.717, 1.165) is 15.4 Å². The average molecular weight is 731 g/mol. The minimum absolute atomic E-state index is 0.0242. The van der Waals surface area contributed by atoms with Crippen molar-refractivity contribution in [2.24, 2.45) is 0 Å². The second-order valence-corrected chi connectivity index (χ2v) is 14.5. The Kier molecular flexibility index (Phi) is 12.8. The van der Waals surface area contributed by atoms with Crippen LogP contribution in [0, 0.1) is 6.92 Å². The summed E-state index contributed by atoms with van der Waals surface area (Å²) in [5, 5.41) is 3.76. The van der Waals surface area contributed by atoms with Gasteiger partial charge in [-0.1, -0.05) is 95.8 Å². The summed E-state index contributed by atoms with van der Waals surface area (Å²) in [4.78, 5) is 30.0. The van der Waals surface area contributed by atoms with E-state index in [-0.39, 0.29) is 34.6 Å². The molecule has 2 amide bonds. The lowest BCUT2D eigenvalue weighted by Gasteiger charge is -2.34. The number of carbonyl (C=O) groups excluding carboxylic acids is 2. The molecule has 0 aliphatic heterocycles. The molecule has 0 fully saturated rings. The third-order valence-electron chi connectivity index (χ3n) is 7.97. The van der Waals surface area contributed by atoms with Crippen molar-refractivity contribution in [2.45, 2.75) is 57.1 Å². The lowest BCUT2D eigenvalue weighted by atomic mass is 10.0. The second-order valence-electron chi connectivity index (χ2n) is 11.4. The molecule has 4 aromatic rings. The Labute approximate surface area is 297 Å². The van der Waals surface area contributed by atoms with Crippen LogP contribution in [0.25, 0.3) is 0 Å². The highest BCUT2D eigenvalue weighted by atomic mass is 35.5. The minimum atomic E-state index is -4.32. The van der Waals surface area contributed by atoms with Crippen LogP contribution >= 0.6 is 34.8 Å². The van der Waals surface area contributed by atoms with Gasteiger partial charge in [-0.15, -0.1) is 0 Å². The number of anilines is 1. The highest BCUT2D eigenvalue weighted by Crippen LogP contribution is 2.33. The van der Waals surface area contributed by atoms with Gasteiger partial charge in [0.1, 0.15) is 18.3 Å². The molecule has 1 N–H and O–H groups in total. The van der Waals surface area contributed by atoms with Crippen molar-refractivity contribution in [3.63, 3.8) is 0 Å². The molecule has 0 heterocycles. The van der Waals surface area contributed by atoms with E-state index >= 15 is 0 Å². The molecule has 4 aromatic carbocycles. The number of methoxy groups -OCH3 is 1. The van der Waals surface area contributed by atoms with E-state index in [0.29, 0.717) is 27.8 Å². The number of halogens is 3. The molecule has 0 aromatic heterocycles. The van der Waals surface area contributed by atoms with Gasteiger partial charge >= 0.3 is 0 Å². The summed E-state index contributed by atoms with van der Waals surface area (Å²) in [6.45, 7) is 4.83. The first-order valence-electron chi connectivity index (χ1n) is 15.3. The van der Waals surface area contributed by atoms with Crippen molar-refractivity contribution >= 4 is 62.3 Å². The number of hydrogen-bond donors (Lipinski definition) is 1. The van der Waals surface area contributed by atoms with E-state index in [1.54, 1.807) is 30.3 Å². The summed E-state index contributed by atoms with van der Waals surface area (Å²) >= 11 is 19.6. The molecule has 0 aliphatic carbocycles. The number of hydrogen-bond acceptors (Lipinski definition) is 5. The second kappa shape index (κ2) is 16.6. The van der Waals surface area contributed by atoms with Crippen molar-refractivity contribution in [1.82, 2.24) is 10.2 Å². The summed E-state index contributed by atoms with van der Waals surface area (Å²) < 4.78 is 34.8. The summed E-state index contributed by atoms with van der Waals surface area (Å²) in [6, 6.07) is 23.8. The van der Waals surface area contributed by atoms with Crippen LogP contribution in [0.1, 0.15) is 37.0 Å². The smallest absolute Gasteiger partial charge is 0.264 e. The highest BCUT2D eigenvalue weighted by Gasteiger charge is 2.35. The van der Waals surface area contributed by atoms with E-state index in [4.69, 9.17) is 39.5 Å². The Morgan fingerprint density at radius 2 is 1.52 bits per heavy atom. The molecule has 4 rings (SSSR count). The van der Waals surface area contributed by atoms with Crippen LogP contribution in [-0.4, -0.2) is 50.9 Å². The quantitative estimate of drug-likeness (QED) is 0.143. The van der Waals surface area contributed by atoms with Gasteiger partial charge in [0.2, 0.25) is 11.8 Å². The number of benzene rings is 4. The lowest BCUT2D eigenvalue weighted by molar-refractivity contribution is -0.140.